The van der Waals surface area contributed by atoms with Crippen LogP contribution in [-0.2, 0) is 19.1 Å². The zero-order chi connectivity index (χ0) is 19.7. The highest BCUT2D eigenvalue weighted by Gasteiger charge is 2.33. The minimum atomic E-state index is -0.321. The minimum Gasteiger partial charge on any atom is -0.457 e. The van der Waals surface area contributed by atoms with Gasteiger partial charge in [0.05, 0.1) is 11.8 Å². The lowest BCUT2D eigenvalue weighted by Crippen LogP contribution is -2.32. The molecule has 0 heterocycles. The van der Waals surface area contributed by atoms with Gasteiger partial charge in [-0.2, -0.15) is 0 Å². The Bertz CT molecular complexity index is 502. The smallest absolute Gasteiger partial charge is 0.309 e. The van der Waals surface area contributed by atoms with Gasteiger partial charge in [0.2, 0.25) is 0 Å². The first kappa shape index (κ1) is 21.9. The van der Waals surface area contributed by atoms with Crippen molar-refractivity contribution in [2.24, 2.45) is 11.8 Å². The van der Waals surface area contributed by atoms with E-state index in [4.69, 9.17) is 9.47 Å². The molecule has 4 nitrogen and oxygen atoms in total. The largest absolute Gasteiger partial charge is 0.457 e. The average molecular weight is 360 g/mol. The molecule has 1 rings (SSSR count). The highest BCUT2D eigenvalue weighted by molar-refractivity contribution is 5.75. The second kappa shape index (κ2) is 10.8. The first-order valence-corrected chi connectivity index (χ1v) is 9.23. The summed E-state index contributed by atoms with van der Waals surface area (Å²) < 4.78 is 11.1. The Morgan fingerprint density at radius 2 is 1.15 bits per heavy atom. The van der Waals surface area contributed by atoms with Crippen molar-refractivity contribution in [1.29, 1.82) is 0 Å². The predicted molar refractivity (Wildman–Crippen MR) is 104 cm³/mol. The molecule has 0 aromatic carbocycles. The normalized spacial score (nSPS) is 21.8. The van der Waals surface area contributed by atoms with E-state index >= 15 is 0 Å². The van der Waals surface area contributed by atoms with E-state index in [9.17, 15) is 9.59 Å². The number of rotatable bonds is 10. The van der Waals surface area contributed by atoms with Gasteiger partial charge in [0, 0.05) is 12.8 Å². The van der Waals surface area contributed by atoms with Gasteiger partial charge in [-0.05, 0) is 50.7 Å². The van der Waals surface area contributed by atoms with Crippen LogP contribution in [0.1, 0.15) is 52.4 Å². The Hall–Kier alpha value is -2.10. The fourth-order valence-corrected chi connectivity index (χ4v) is 3.04. The number of carbonyl (C=O) groups excluding carboxylic acids is 2. The van der Waals surface area contributed by atoms with Crippen LogP contribution < -0.4 is 0 Å². The van der Waals surface area contributed by atoms with Crippen LogP contribution in [0.4, 0.5) is 0 Å². The van der Waals surface area contributed by atoms with Gasteiger partial charge in [-0.3, -0.25) is 9.59 Å². The topological polar surface area (TPSA) is 52.6 Å². The Morgan fingerprint density at radius 3 is 1.38 bits per heavy atom. The fourth-order valence-electron chi connectivity index (χ4n) is 3.04. The van der Waals surface area contributed by atoms with Crippen LogP contribution in [0, 0.1) is 11.8 Å². The zero-order valence-electron chi connectivity index (χ0n) is 16.2. The molecule has 0 saturated heterocycles. The Balaban J connectivity index is 2.52. The van der Waals surface area contributed by atoms with Gasteiger partial charge in [0.25, 0.3) is 0 Å². The molecule has 0 spiro atoms. The van der Waals surface area contributed by atoms with Gasteiger partial charge in [0.15, 0.2) is 0 Å². The molecular weight excluding hydrogens is 328 g/mol. The van der Waals surface area contributed by atoms with Crippen molar-refractivity contribution < 1.29 is 19.1 Å². The summed E-state index contributed by atoms with van der Waals surface area (Å²) in [7, 11) is 0. The van der Waals surface area contributed by atoms with Gasteiger partial charge in [-0.1, -0.05) is 25.3 Å². The number of ether oxygens (including phenoxy) is 2. The van der Waals surface area contributed by atoms with Crippen molar-refractivity contribution in [2.75, 3.05) is 0 Å². The van der Waals surface area contributed by atoms with E-state index in [1.165, 1.54) is 0 Å². The quantitative estimate of drug-likeness (QED) is 0.410. The van der Waals surface area contributed by atoms with Crippen LogP contribution in [0.3, 0.4) is 0 Å². The molecule has 1 fully saturated rings. The fraction of sp³-hybridized carbons (Fsp3) is 0.545. The molecule has 0 aromatic rings. The van der Waals surface area contributed by atoms with Crippen molar-refractivity contribution in [2.45, 2.75) is 64.6 Å². The summed E-state index contributed by atoms with van der Waals surface area (Å²) in [6.45, 7) is 18.8. The van der Waals surface area contributed by atoms with Crippen molar-refractivity contribution in [3.8, 4) is 0 Å². The molecule has 0 amide bonds. The van der Waals surface area contributed by atoms with Crippen molar-refractivity contribution in [3.63, 3.8) is 0 Å². The molecule has 1 saturated carbocycles. The number of hydrogen-bond acceptors (Lipinski definition) is 4. The van der Waals surface area contributed by atoms with Crippen LogP contribution in [0.2, 0.25) is 0 Å². The summed E-state index contributed by atoms with van der Waals surface area (Å²) in [5.41, 5.74) is 1.62. The molecule has 1 aliphatic carbocycles. The van der Waals surface area contributed by atoms with Crippen LogP contribution >= 0.6 is 0 Å². The molecule has 0 N–H and O–H groups in total. The van der Waals surface area contributed by atoms with Gasteiger partial charge < -0.3 is 9.47 Å². The lowest BCUT2D eigenvalue weighted by Gasteiger charge is -2.28. The van der Waals surface area contributed by atoms with Crippen molar-refractivity contribution in [3.05, 3.63) is 49.6 Å². The van der Waals surface area contributed by atoms with Gasteiger partial charge in [-0.15, -0.1) is 13.2 Å². The molecule has 1 aliphatic rings. The van der Waals surface area contributed by atoms with Crippen molar-refractivity contribution in [1.82, 2.24) is 0 Å². The van der Waals surface area contributed by atoms with Crippen LogP contribution in [0.25, 0.3) is 0 Å². The molecule has 2 unspecified atom stereocenters. The Kier molecular flexibility index (Phi) is 9.11. The Labute approximate surface area is 157 Å². The maximum absolute atomic E-state index is 12.4. The lowest BCUT2D eigenvalue weighted by atomic mass is 9.82. The van der Waals surface area contributed by atoms with Gasteiger partial charge in [0.1, 0.15) is 12.2 Å². The predicted octanol–water partition coefficient (Wildman–Crippen LogP) is 4.92. The molecule has 0 aromatic heterocycles. The van der Waals surface area contributed by atoms with Gasteiger partial charge >= 0.3 is 11.9 Å². The maximum Gasteiger partial charge on any atom is 0.309 e. The standard InChI is InChI=1S/C22H32O4/c1-7-9-19(15(3)4)25-21(23)17-11-13-18(14-12-17)22(24)26-20(10-8-2)16(5)6/h7-8,17-20H,1-3,5,9-14H2,4,6H3. The van der Waals surface area contributed by atoms with E-state index in [-0.39, 0.29) is 36.0 Å². The van der Waals surface area contributed by atoms with Gasteiger partial charge in [-0.25, -0.2) is 0 Å². The first-order valence-electron chi connectivity index (χ1n) is 9.23. The highest BCUT2D eigenvalue weighted by Crippen LogP contribution is 2.32. The van der Waals surface area contributed by atoms with E-state index in [1.807, 2.05) is 13.8 Å². The van der Waals surface area contributed by atoms with Crippen LogP contribution in [0.5, 0.6) is 0 Å². The number of hydrogen-bond donors (Lipinski definition) is 0. The van der Waals surface area contributed by atoms with E-state index in [0.717, 1.165) is 11.1 Å². The zero-order valence-corrected chi connectivity index (χ0v) is 16.2. The summed E-state index contributed by atoms with van der Waals surface area (Å²) in [4.78, 5) is 24.8. The van der Waals surface area contributed by atoms with Crippen LogP contribution in [0.15, 0.2) is 49.6 Å². The second-order valence-corrected chi connectivity index (χ2v) is 7.14. The van der Waals surface area contributed by atoms with E-state index in [0.29, 0.717) is 38.5 Å². The van der Waals surface area contributed by atoms with Crippen LogP contribution in [-0.4, -0.2) is 24.1 Å². The van der Waals surface area contributed by atoms with E-state index in [1.54, 1.807) is 12.2 Å². The van der Waals surface area contributed by atoms with E-state index < -0.39 is 0 Å². The second-order valence-electron chi connectivity index (χ2n) is 7.14. The third-order valence-corrected chi connectivity index (χ3v) is 4.77. The molecule has 144 valence electrons. The molecule has 0 radical (unpaired) electrons. The minimum absolute atomic E-state index is 0.171. The first-order chi connectivity index (χ1) is 12.3. The molecule has 26 heavy (non-hydrogen) atoms. The summed E-state index contributed by atoms with van der Waals surface area (Å²) in [6, 6.07) is 0. The molecule has 0 aliphatic heterocycles. The number of carbonyl (C=O) groups is 2. The maximum atomic E-state index is 12.4. The molecule has 0 bridgehead atoms. The average Bonchev–Trinajstić information content (AvgIpc) is 2.60. The summed E-state index contributed by atoms with van der Waals surface area (Å²) in [5.74, 6) is -0.761. The van der Waals surface area contributed by atoms with E-state index in [2.05, 4.69) is 26.3 Å². The summed E-state index contributed by atoms with van der Waals surface area (Å²) in [6.07, 6.45) is 6.47. The monoisotopic (exact) mass is 360 g/mol. The third kappa shape index (κ3) is 6.66. The molecular formula is C22H32O4. The Morgan fingerprint density at radius 1 is 0.846 bits per heavy atom. The van der Waals surface area contributed by atoms with Crippen molar-refractivity contribution >= 4 is 11.9 Å². The summed E-state index contributed by atoms with van der Waals surface area (Å²) >= 11 is 0. The molecule has 4 heteroatoms. The highest BCUT2D eigenvalue weighted by atomic mass is 16.5. The lowest BCUT2D eigenvalue weighted by molar-refractivity contribution is -0.159. The molecule has 2 atom stereocenters. The third-order valence-electron chi connectivity index (χ3n) is 4.77. The summed E-state index contributed by atoms with van der Waals surface area (Å²) in [5, 5.41) is 0. The number of esters is 2. The SMILES string of the molecule is C=CCC(OC(=O)C1CCC(C(=O)OC(CC=C)C(=C)C)CC1)C(=C)C.